The number of aliphatic hydroxyl groups is 1. The largest absolute Gasteiger partial charge is 0.394 e. The third kappa shape index (κ3) is 1.45. The van der Waals surface area contributed by atoms with Gasteiger partial charge in [0.15, 0.2) is 0 Å². The molecule has 0 aliphatic rings. The van der Waals surface area contributed by atoms with Gasteiger partial charge in [0.2, 0.25) is 0 Å². The van der Waals surface area contributed by atoms with Crippen molar-refractivity contribution >= 4 is 21.8 Å². The normalized spacial score (nSPS) is 13.3. The highest BCUT2D eigenvalue weighted by molar-refractivity contribution is 6.08. The van der Waals surface area contributed by atoms with Gasteiger partial charge >= 0.3 is 0 Å². The van der Waals surface area contributed by atoms with Crippen LogP contribution in [-0.2, 0) is 0 Å². The summed E-state index contributed by atoms with van der Waals surface area (Å²) in [6, 6.07) is 16.8. The Morgan fingerprint density at radius 2 is 1.41 bits per heavy atom. The van der Waals surface area contributed by atoms with Gasteiger partial charge in [-0.1, -0.05) is 36.4 Å². The molecule has 3 aromatic rings. The zero-order valence-electron chi connectivity index (χ0n) is 9.80. The van der Waals surface area contributed by atoms with E-state index >= 15 is 0 Å². The molecule has 0 aliphatic heterocycles. The molecule has 0 unspecified atom stereocenters. The predicted molar refractivity (Wildman–Crippen MR) is 71.2 cm³/mol. The number of aromatic nitrogens is 1. The smallest absolute Gasteiger partial charge is 0.0636 e. The molecule has 2 nitrogen and oxygen atoms in total. The van der Waals surface area contributed by atoms with E-state index in [1.165, 1.54) is 21.8 Å². The van der Waals surface area contributed by atoms with Crippen LogP contribution in [0.1, 0.15) is 13.0 Å². The summed E-state index contributed by atoms with van der Waals surface area (Å²) in [7, 11) is 0. The minimum absolute atomic E-state index is 0.0970. The van der Waals surface area contributed by atoms with Crippen molar-refractivity contribution in [3.63, 3.8) is 0 Å². The van der Waals surface area contributed by atoms with Crippen LogP contribution >= 0.6 is 0 Å². The molecule has 0 saturated heterocycles. The van der Waals surface area contributed by atoms with Crippen LogP contribution in [0.5, 0.6) is 0 Å². The van der Waals surface area contributed by atoms with Crippen molar-refractivity contribution in [3.8, 4) is 0 Å². The van der Waals surface area contributed by atoms with Gasteiger partial charge in [0.25, 0.3) is 0 Å². The molecular weight excluding hydrogens is 210 g/mol. The summed E-state index contributed by atoms with van der Waals surface area (Å²) < 4.78 is 2.21. The average molecular weight is 225 g/mol. The highest BCUT2D eigenvalue weighted by Gasteiger charge is 2.13. The van der Waals surface area contributed by atoms with Crippen LogP contribution in [0.2, 0.25) is 0 Å². The zero-order valence-corrected chi connectivity index (χ0v) is 9.80. The molecule has 0 bridgehead atoms. The number of hydrogen-bond donors (Lipinski definition) is 1. The highest BCUT2D eigenvalue weighted by atomic mass is 16.3. The third-order valence-corrected chi connectivity index (χ3v) is 3.32. The maximum absolute atomic E-state index is 9.40. The van der Waals surface area contributed by atoms with E-state index in [9.17, 15) is 5.11 Å². The average Bonchev–Trinajstić information content (AvgIpc) is 2.72. The number of nitrogens with zero attached hydrogens (tertiary/aromatic N) is 1. The molecule has 17 heavy (non-hydrogen) atoms. The second-order valence-electron chi connectivity index (χ2n) is 4.44. The summed E-state index contributed by atoms with van der Waals surface area (Å²) in [5, 5.41) is 11.9. The Bertz CT molecular complexity index is 616. The van der Waals surface area contributed by atoms with Gasteiger partial charge in [0.1, 0.15) is 0 Å². The fourth-order valence-electron chi connectivity index (χ4n) is 2.51. The molecule has 86 valence electrons. The van der Waals surface area contributed by atoms with Gasteiger partial charge in [0.05, 0.1) is 12.6 Å². The van der Waals surface area contributed by atoms with E-state index in [0.717, 1.165) is 0 Å². The topological polar surface area (TPSA) is 25.2 Å². The lowest BCUT2D eigenvalue weighted by molar-refractivity contribution is 0.244. The van der Waals surface area contributed by atoms with Crippen molar-refractivity contribution in [3.05, 3.63) is 48.5 Å². The van der Waals surface area contributed by atoms with Gasteiger partial charge < -0.3 is 9.67 Å². The molecule has 0 spiro atoms. The van der Waals surface area contributed by atoms with E-state index in [1.807, 2.05) is 19.1 Å². The first-order valence-corrected chi connectivity index (χ1v) is 5.91. The number of para-hydroxylation sites is 2. The van der Waals surface area contributed by atoms with E-state index in [2.05, 4.69) is 41.0 Å². The molecule has 3 rings (SSSR count). The number of rotatable bonds is 2. The maximum Gasteiger partial charge on any atom is 0.0636 e. The Morgan fingerprint density at radius 3 is 1.88 bits per heavy atom. The Labute approximate surface area is 100 Å². The third-order valence-electron chi connectivity index (χ3n) is 3.32. The lowest BCUT2D eigenvalue weighted by Crippen LogP contribution is -2.08. The fraction of sp³-hybridized carbons (Fsp3) is 0.200. The Kier molecular flexibility index (Phi) is 2.37. The lowest BCUT2D eigenvalue weighted by atomic mass is 10.2. The molecule has 0 amide bonds. The van der Waals surface area contributed by atoms with Crippen molar-refractivity contribution in [2.24, 2.45) is 0 Å². The van der Waals surface area contributed by atoms with Crippen molar-refractivity contribution in [2.75, 3.05) is 6.61 Å². The van der Waals surface area contributed by atoms with Crippen LogP contribution in [0, 0.1) is 0 Å². The fourth-order valence-corrected chi connectivity index (χ4v) is 2.51. The maximum atomic E-state index is 9.40. The molecule has 1 N–H and O–H groups in total. The summed E-state index contributed by atoms with van der Waals surface area (Å²) in [4.78, 5) is 0. The summed E-state index contributed by atoms with van der Waals surface area (Å²) in [6.07, 6.45) is 0. The molecule has 0 radical (unpaired) electrons. The van der Waals surface area contributed by atoms with E-state index in [-0.39, 0.29) is 12.6 Å². The van der Waals surface area contributed by atoms with Crippen molar-refractivity contribution in [1.29, 1.82) is 0 Å². The summed E-state index contributed by atoms with van der Waals surface area (Å²) in [6.45, 7) is 2.20. The van der Waals surface area contributed by atoms with Crippen LogP contribution in [0.4, 0.5) is 0 Å². The number of hydrogen-bond acceptors (Lipinski definition) is 1. The van der Waals surface area contributed by atoms with Crippen LogP contribution in [0.3, 0.4) is 0 Å². The highest BCUT2D eigenvalue weighted by Crippen LogP contribution is 2.31. The first-order valence-electron chi connectivity index (χ1n) is 5.91. The van der Waals surface area contributed by atoms with E-state index < -0.39 is 0 Å². The standard InChI is InChI=1S/C15H15NO/c1-11(10-17)16-14-8-4-2-6-12(14)13-7-3-5-9-15(13)16/h2-9,11,17H,10H2,1H3/t11-/m0/s1. The molecule has 2 heteroatoms. The van der Waals surface area contributed by atoms with Gasteiger partial charge in [-0.15, -0.1) is 0 Å². The number of fused-ring (bicyclic) bond motifs is 3. The van der Waals surface area contributed by atoms with Crippen molar-refractivity contribution in [1.82, 2.24) is 4.57 Å². The number of aliphatic hydroxyl groups excluding tert-OH is 1. The molecular formula is C15H15NO. The molecule has 1 aromatic heterocycles. The van der Waals surface area contributed by atoms with Crippen LogP contribution < -0.4 is 0 Å². The Hall–Kier alpha value is -1.80. The molecule has 0 aliphatic carbocycles. The van der Waals surface area contributed by atoms with Gasteiger partial charge in [-0.2, -0.15) is 0 Å². The minimum Gasteiger partial charge on any atom is -0.394 e. The van der Waals surface area contributed by atoms with Crippen molar-refractivity contribution < 1.29 is 5.11 Å². The van der Waals surface area contributed by atoms with Gasteiger partial charge in [-0.3, -0.25) is 0 Å². The Morgan fingerprint density at radius 1 is 0.941 bits per heavy atom. The van der Waals surface area contributed by atoms with Gasteiger partial charge in [-0.25, -0.2) is 0 Å². The summed E-state index contributed by atoms with van der Waals surface area (Å²) in [5.74, 6) is 0. The molecule has 0 saturated carbocycles. The zero-order chi connectivity index (χ0) is 11.8. The molecule has 0 fully saturated rings. The second kappa shape index (κ2) is 3.90. The second-order valence-corrected chi connectivity index (χ2v) is 4.44. The quantitative estimate of drug-likeness (QED) is 0.711. The van der Waals surface area contributed by atoms with Gasteiger partial charge in [0, 0.05) is 21.8 Å². The molecule has 2 aromatic carbocycles. The van der Waals surface area contributed by atoms with E-state index in [1.54, 1.807) is 0 Å². The Balaban J connectivity index is 2.50. The first-order chi connectivity index (χ1) is 8.33. The minimum atomic E-state index is 0.0970. The predicted octanol–water partition coefficient (Wildman–Crippen LogP) is 3.35. The van der Waals surface area contributed by atoms with E-state index in [0.29, 0.717) is 0 Å². The SMILES string of the molecule is C[C@@H](CO)n1c2ccccc2c2ccccc21. The monoisotopic (exact) mass is 225 g/mol. The van der Waals surface area contributed by atoms with Crippen molar-refractivity contribution in [2.45, 2.75) is 13.0 Å². The van der Waals surface area contributed by atoms with Crippen LogP contribution in [0.25, 0.3) is 21.8 Å². The first kappa shape index (κ1) is 10.4. The summed E-state index contributed by atoms with van der Waals surface area (Å²) in [5.41, 5.74) is 2.38. The van der Waals surface area contributed by atoms with Crippen LogP contribution in [-0.4, -0.2) is 16.3 Å². The van der Waals surface area contributed by atoms with Crippen LogP contribution in [0.15, 0.2) is 48.5 Å². The molecule has 1 heterocycles. The lowest BCUT2D eigenvalue weighted by Gasteiger charge is -2.13. The van der Waals surface area contributed by atoms with E-state index in [4.69, 9.17) is 0 Å². The summed E-state index contributed by atoms with van der Waals surface area (Å²) >= 11 is 0. The van der Waals surface area contributed by atoms with Gasteiger partial charge in [-0.05, 0) is 19.1 Å². The molecule has 1 atom stereocenters. The number of benzene rings is 2.